The van der Waals surface area contributed by atoms with Gasteiger partial charge in [-0.3, -0.25) is 4.79 Å². The largest absolute Gasteiger partial charge is 0.378 e. The van der Waals surface area contributed by atoms with Crippen molar-refractivity contribution in [3.05, 3.63) is 63.6 Å². The third-order valence-corrected chi connectivity index (χ3v) is 4.98. The van der Waals surface area contributed by atoms with E-state index in [0.717, 1.165) is 18.8 Å². The Labute approximate surface area is 167 Å². The number of nitriles is 1. The van der Waals surface area contributed by atoms with E-state index < -0.39 is 5.91 Å². The van der Waals surface area contributed by atoms with Crippen molar-refractivity contribution in [2.24, 2.45) is 0 Å². The van der Waals surface area contributed by atoms with Gasteiger partial charge in [0.05, 0.1) is 23.3 Å². The molecule has 7 heteroatoms. The van der Waals surface area contributed by atoms with Crippen LogP contribution in [0.1, 0.15) is 5.56 Å². The molecule has 1 amide bonds. The molecule has 0 radical (unpaired) electrons. The molecule has 0 atom stereocenters. The van der Waals surface area contributed by atoms with E-state index in [1.54, 1.807) is 18.2 Å². The van der Waals surface area contributed by atoms with Gasteiger partial charge in [0, 0.05) is 24.5 Å². The number of anilines is 2. The normalized spacial score (nSPS) is 14.6. The van der Waals surface area contributed by atoms with Gasteiger partial charge in [0.15, 0.2) is 0 Å². The highest BCUT2D eigenvalue weighted by Crippen LogP contribution is 2.27. The number of carbonyl (C=O) groups excluding carboxylic acids is 1. The van der Waals surface area contributed by atoms with Crippen molar-refractivity contribution >= 4 is 46.6 Å². The van der Waals surface area contributed by atoms with Crippen LogP contribution in [-0.4, -0.2) is 32.2 Å². The lowest BCUT2D eigenvalue weighted by Crippen LogP contribution is -2.36. The molecule has 3 rings (SSSR count). The van der Waals surface area contributed by atoms with Crippen LogP contribution in [0.4, 0.5) is 11.4 Å². The van der Waals surface area contributed by atoms with Gasteiger partial charge in [0.2, 0.25) is 0 Å². The molecule has 2 aromatic carbocycles. The number of hydrogen-bond donors (Lipinski definition) is 1. The number of nitrogens with one attached hydrogen (secondary N) is 1. The molecule has 0 unspecified atom stereocenters. The van der Waals surface area contributed by atoms with Gasteiger partial charge in [-0.1, -0.05) is 35.3 Å². The lowest BCUT2D eigenvalue weighted by molar-refractivity contribution is -0.112. The third kappa shape index (κ3) is 4.81. The highest BCUT2D eigenvalue weighted by atomic mass is 35.5. The average Bonchev–Trinajstić information content (AvgIpc) is 2.70. The molecule has 5 nitrogen and oxygen atoms in total. The van der Waals surface area contributed by atoms with Gasteiger partial charge in [-0.25, -0.2) is 0 Å². The molecule has 1 aliphatic rings. The molecule has 0 aromatic heterocycles. The van der Waals surface area contributed by atoms with Gasteiger partial charge in [-0.2, -0.15) is 5.26 Å². The van der Waals surface area contributed by atoms with Crippen LogP contribution in [0.2, 0.25) is 10.0 Å². The van der Waals surface area contributed by atoms with Crippen molar-refractivity contribution in [3.63, 3.8) is 0 Å². The van der Waals surface area contributed by atoms with Crippen molar-refractivity contribution in [1.29, 1.82) is 5.26 Å². The number of rotatable bonds is 4. The second-order valence-electron chi connectivity index (χ2n) is 5.91. The minimum Gasteiger partial charge on any atom is -0.378 e. The van der Waals surface area contributed by atoms with Gasteiger partial charge in [-0.05, 0) is 42.0 Å². The van der Waals surface area contributed by atoms with E-state index in [2.05, 4.69) is 10.2 Å². The molecule has 2 aromatic rings. The summed E-state index contributed by atoms with van der Waals surface area (Å²) >= 11 is 12.1. The maximum Gasteiger partial charge on any atom is 0.266 e. The lowest BCUT2D eigenvalue weighted by Gasteiger charge is -2.28. The smallest absolute Gasteiger partial charge is 0.266 e. The summed E-state index contributed by atoms with van der Waals surface area (Å²) in [7, 11) is 0. The first-order chi connectivity index (χ1) is 13.1. The Morgan fingerprint density at radius 3 is 2.52 bits per heavy atom. The maximum absolute atomic E-state index is 12.4. The summed E-state index contributed by atoms with van der Waals surface area (Å²) in [5, 5.41) is 12.7. The van der Waals surface area contributed by atoms with Crippen LogP contribution in [0.5, 0.6) is 0 Å². The van der Waals surface area contributed by atoms with Crippen molar-refractivity contribution in [1.82, 2.24) is 0 Å². The van der Waals surface area contributed by atoms with Gasteiger partial charge in [-0.15, -0.1) is 0 Å². The summed E-state index contributed by atoms with van der Waals surface area (Å²) in [5.41, 5.74) is 2.13. The number of amides is 1. The predicted octanol–water partition coefficient (Wildman–Crippen LogP) is 4.38. The minimum atomic E-state index is -0.507. The topological polar surface area (TPSA) is 65.4 Å². The molecule has 1 heterocycles. The molecule has 0 saturated carbocycles. The summed E-state index contributed by atoms with van der Waals surface area (Å²) in [6, 6.07) is 14.4. The first-order valence-electron chi connectivity index (χ1n) is 8.38. The van der Waals surface area contributed by atoms with Crippen LogP contribution in [0, 0.1) is 11.3 Å². The molecular formula is C20H17Cl2N3O2. The predicted molar refractivity (Wildman–Crippen MR) is 108 cm³/mol. The van der Waals surface area contributed by atoms with Crippen LogP contribution in [0.25, 0.3) is 6.08 Å². The minimum absolute atomic E-state index is 0.0589. The summed E-state index contributed by atoms with van der Waals surface area (Å²) < 4.78 is 5.35. The SMILES string of the molecule is N#CC(=Cc1cccc(Cl)c1Cl)C(=O)Nc1ccc(N2CCOCC2)cc1. The molecule has 0 aliphatic carbocycles. The summed E-state index contributed by atoms with van der Waals surface area (Å²) in [4.78, 5) is 14.6. The van der Waals surface area contributed by atoms with Crippen molar-refractivity contribution < 1.29 is 9.53 Å². The Kier molecular flexibility index (Phi) is 6.36. The van der Waals surface area contributed by atoms with E-state index in [1.807, 2.05) is 30.3 Å². The van der Waals surface area contributed by atoms with Gasteiger partial charge < -0.3 is 15.0 Å². The van der Waals surface area contributed by atoms with Crippen LogP contribution in [0.15, 0.2) is 48.0 Å². The fourth-order valence-corrected chi connectivity index (χ4v) is 3.07. The Bertz CT molecular complexity index is 898. The zero-order valence-electron chi connectivity index (χ0n) is 14.4. The fraction of sp³-hybridized carbons (Fsp3) is 0.200. The molecule has 138 valence electrons. The maximum atomic E-state index is 12.4. The van der Waals surface area contributed by atoms with Crippen molar-refractivity contribution in [2.75, 3.05) is 36.5 Å². The number of nitrogens with zero attached hydrogens (tertiary/aromatic N) is 2. The van der Waals surface area contributed by atoms with E-state index in [4.69, 9.17) is 27.9 Å². The summed E-state index contributed by atoms with van der Waals surface area (Å²) in [6.07, 6.45) is 1.42. The number of ether oxygens (including phenoxy) is 1. The monoisotopic (exact) mass is 401 g/mol. The van der Waals surface area contributed by atoms with E-state index in [9.17, 15) is 10.1 Å². The molecule has 1 saturated heterocycles. The van der Waals surface area contributed by atoms with E-state index in [-0.39, 0.29) is 5.57 Å². The first-order valence-corrected chi connectivity index (χ1v) is 9.14. The van der Waals surface area contributed by atoms with Crippen molar-refractivity contribution in [3.8, 4) is 6.07 Å². The Hall–Kier alpha value is -2.52. The molecule has 1 fully saturated rings. The number of benzene rings is 2. The number of halogens is 2. The van der Waals surface area contributed by atoms with Crippen LogP contribution in [0.3, 0.4) is 0 Å². The summed E-state index contributed by atoms with van der Waals surface area (Å²) in [5.74, 6) is -0.507. The second-order valence-corrected chi connectivity index (χ2v) is 6.70. The lowest BCUT2D eigenvalue weighted by atomic mass is 10.1. The molecule has 1 aliphatic heterocycles. The molecule has 0 spiro atoms. The van der Waals surface area contributed by atoms with Gasteiger partial charge in [0.25, 0.3) is 5.91 Å². The first kappa shape index (κ1) is 19.2. The quantitative estimate of drug-likeness (QED) is 0.609. The van der Waals surface area contributed by atoms with E-state index in [0.29, 0.717) is 34.5 Å². The Balaban J connectivity index is 1.72. The standard InChI is InChI=1S/C20H17Cl2N3O2/c21-18-3-1-2-14(19(18)22)12-15(13-23)20(26)24-16-4-6-17(7-5-16)25-8-10-27-11-9-25/h1-7,12H,8-11H2,(H,24,26). The van der Waals surface area contributed by atoms with Crippen LogP contribution < -0.4 is 10.2 Å². The van der Waals surface area contributed by atoms with Gasteiger partial charge >= 0.3 is 0 Å². The molecule has 0 bridgehead atoms. The van der Waals surface area contributed by atoms with Crippen LogP contribution >= 0.6 is 23.2 Å². The fourth-order valence-electron chi connectivity index (χ4n) is 2.71. The molecular weight excluding hydrogens is 385 g/mol. The highest BCUT2D eigenvalue weighted by molar-refractivity contribution is 6.43. The highest BCUT2D eigenvalue weighted by Gasteiger charge is 2.13. The molecule has 27 heavy (non-hydrogen) atoms. The average molecular weight is 402 g/mol. The van der Waals surface area contributed by atoms with Crippen LogP contribution in [-0.2, 0) is 9.53 Å². The Morgan fingerprint density at radius 2 is 1.85 bits per heavy atom. The summed E-state index contributed by atoms with van der Waals surface area (Å²) in [6.45, 7) is 3.10. The third-order valence-electron chi connectivity index (χ3n) is 4.15. The number of carbonyl (C=O) groups is 1. The Morgan fingerprint density at radius 1 is 1.15 bits per heavy atom. The van der Waals surface area contributed by atoms with Gasteiger partial charge in [0.1, 0.15) is 11.6 Å². The number of hydrogen-bond acceptors (Lipinski definition) is 4. The van der Waals surface area contributed by atoms with E-state index in [1.165, 1.54) is 6.08 Å². The van der Waals surface area contributed by atoms with E-state index >= 15 is 0 Å². The zero-order valence-corrected chi connectivity index (χ0v) is 15.9. The van der Waals surface area contributed by atoms with Crippen molar-refractivity contribution in [2.45, 2.75) is 0 Å². The number of morpholine rings is 1. The zero-order chi connectivity index (χ0) is 19.2. The molecule has 1 N–H and O–H groups in total. The second kappa shape index (κ2) is 8.92.